The molecule has 3 heteroatoms. The normalized spacial score (nSPS) is 11.6. The molecule has 0 aromatic heterocycles. The Bertz CT molecular complexity index is 143. The van der Waals surface area contributed by atoms with E-state index in [0.29, 0.717) is 13.0 Å². The van der Waals surface area contributed by atoms with E-state index in [1.54, 1.807) is 13.8 Å². The molecule has 0 saturated heterocycles. The Hall–Kier alpha value is -0.590. The highest BCUT2D eigenvalue weighted by Crippen LogP contribution is 2.06. The third-order valence-electron chi connectivity index (χ3n) is 1.45. The minimum atomic E-state index is -0.621. The molecule has 0 amide bonds. The maximum absolute atomic E-state index is 9.33. The summed E-state index contributed by atoms with van der Waals surface area (Å²) in [5.74, 6) is 0. The fourth-order valence-corrected chi connectivity index (χ4v) is 0.664. The molecular formula is C8H16N2O. The van der Waals surface area contributed by atoms with E-state index < -0.39 is 5.60 Å². The fraction of sp³-hybridized carbons (Fsp3) is 0.875. The monoisotopic (exact) mass is 156 g/mol. The zero-order valence-corrected chi connectivity index (χ0v) is 7.46. The van der Waals surface area contributed by atoms with Gasteiger partial charge in [-0.25, -0.2) is 0 Å². The van der Waals surface area contributed by atoms with Crippen molar-refractivity contribution in [1.29, 1.82) is 5.26 Å². The summed E-state index contributed by atoms with van der Waals surface area (Å²) < 4.78 is 0. The molecule has 0 heterocycles. The first-order valence-electron chi connectivity index (χ1n) is 3.73. The Labute approximate surface area is 68.2 Å². The van der Waals surface area contributed by atoms with Gasteiger partial charge in [-0.2, -0.15) is 5.26 Å². The number of aliphatic hydroxyl groups is 1. The largest absolute Gasteiger partial charge is 0.390 e. The van der Waals surface area contributed by atoms with E-state index in [1.807, 2.05) is 18.0 Å². The third kappa shape index (κ3) is 7.31. The molecule has 0 aromatic rings. The van der Waals surface area contributed by atoms with Crippen molar-refractivity contribution < 1.29 is 5.11 Å². The minimum Gasteiger partial charge on any atom is -0.390 e. The van der Waals surface area contributed by atoms with Crippen LogP contribution in [-0.4, -0.2) is 35.7 Å². The van der Waals surface area contributed by atoms with Crippen LogP contribution in [0.1, 0.15) is 20.3 Å². The summed E-state index contributed by atoms with van der Waals surface area (Å²) in [6.07, 6.45) is 0.700. The van der Waals surface area contributed by atoms with Crippen molar-refractivity contribution in [3.63, 3.8) is 0 Å². The van der Waals surface area contributed by atoms with Crippen LogP contribution in [-0.2, 0) is 0 Å². The van der Waals surface area contributed by atoms with E-state index in [2.05, 4.69) is 0 Å². The summed E-state index contributed by atoms with van der Waals surface area (Å²) in [5.41, 5.74) is -0.621. The fourth-order valence-electron chi connectivity index (χ4n) is 0.664. The van der Waals surface area contributed by atoms with Crippen LogP contribution in [0.5, 0.6) is 0 Å². The van der Waals surface area contributed by atoms with Gasteiger partial charge in [-0.15, -0.1) is 0 Å². The van der Waals surface area contributed by atoms with Gasteiger partial charge >= 0.3 is 0 Å². The van der Waals surface area contributed by atoms with Gasteiger partial charge in [-0.05, 0) is 27.3 Å². The highest BCUT2D eigenvalue weighted by atomic mass is 16.3. The van der Waals surface area contributed by atoms with Gasteiger partial charge < -0.3 is 5.11 Å². The first kappa shape index (κ1) is 10.4. The molecule has 0 aliphatic rings. The second-order valence-corrected chi connectivity index (χ2v) is 3.46. The van der Waals surface area contributed by atoms with Crippen LogP contribution in [0.3, 0.4) is 0 Å². The Kier molecular flexibility index (Phi) is 4.09. The molecule has 0 radical (unpaired) electrons. The first-order valence-corrected chi connectivity index (χ1v) is 3.73. The summed E-state index contributed by atoms with van der Waals surface area (Å²) in [5, 5.41) is 17.6. The van der Waals surface area contributed by atoms with Gasteiger partial charge in [0.25, 0.3) is 0 Å². The van der Waals surface area contributed by atoms with Gasteiger partial charge in [-0.1, -0.05) is 0 Å². The Balaban J connectivity index is 3.48. The number of nitrogens with zero attached hydrogens (tertiary/aromatic N) is 2. The average molecular weight is 156 g/mol. The second kappa shape index (κ2) is 4.32. The Morgan fingerprint density at radius 2 is 2.09 bits per heavy atom. The summed E-state index contributed by atoms with van der Waals surface area (Å²) in [6, 6.07) is 2.05. The SMILES string of the molecule is CN(CC#N)CCC(C)(C)O. The van der Waals surface area contributed by atoms with E-state index >= 15 is 0 Å². The zero-order valence-electron chi connectivity index (χ0n) is 7.46. The lowest BCUT2D eigenvalue weighted by Gasteiger charge is -2.20. The van der Waals surface area contributed by atoms with E-state index in [1.165, 1.54) is 0 Å². The van der Waals surface area contributed by atoms with Gasteiger partial charge in [-0.3, -0.25) is 4.90 Å². The molecule has 11 heavy (non-hydrogen) atoms. The summed E-state index contributed by atoms with van der Waals surface area (Å²) in [6.45, 7) is 4.73. The van der Waals surface area contributed by atoms with Crippen LogP contribution in [0, 0.1) is 11.3 Å². The van der Waals surface area contributed by atoms with Crippen molar-refractivity contribution in [3.05, 3.63) is 0 Å². The predicted molar refractivity (Wildman–Crippen MR) is 44.0 cm³/mol. The Morgan fingerprint density at radius 3 is 2.45 bits per heavy atom. The molecule has 0 fully saturated rings. The highest BCUT2D eigenvalue weighted by molar-refractivity contribution is 4.76. The molecular weight excluding hydrogens is 140 g/mol. The van der Waals surface area contributed by atoms with Crippen molar-refractivity contribution >= 4 is 0 Å². The van der Waals surface area contributed by atoms with Gasteiger partial charge in [0, 0.05) is 6.54 Å². The van der Waals surface area contributed by atoms with Crippen LogP contribution < -0.4 is 0 Å². The number of hydrogen-bond acceptors (Lipinski definition) is 3. The van der Waals surface area contributed by atoms with E-state index in [4.69, 9.17) is 5.26 Å². The van der Waals surface area contributed by atoms with Crippen LogP contribution in [0.4, 0.5) is 0 Å². The van der Waals surface area contributed by atoms with Crippen molar-refractivity contribution in [2.24, 2.45) is 0 Å². The van der Waals surface area contributed by atoms with Crippen LogP contribution in [0.15, 0.2) is 0 Å². The second-order valence-electron chi connectivity index (χ2n) is 3.46. The summed E-state index contributed by atoms with van der Waals surface area (Å²) in [7, 11) is 1.87. The Morgan fingerprint density at radius 1 is 1.55 bits per heavy atom. The molecule has 1 N–H and O–H groups in total. The smallest absolute Gasteiger partial charge is 0.0863 e. The number of rotatable bonds is 4. The summed E-state index contributed by atoms with van der Waals surface area (Å²) in [4.78, 5) is 1.89. The molecule has 3 nitrogen and oxygen atoms in total. The highest BCUT2D eigenvalue weighted by Gasteiger charge is 2.12. The molecule has 0 aliphatic heterocycles. The van der Waals surface area contributed by atoms with Crippen molar-refractivity contribution in [3.8, 4) is 6.07 Å². The lowest BCUT2D eigenvalue weighted by molar-refractivity contribution is 0.0620. The lowest BCUT2D eigenvalue weighted by Crippen LogP contribution is -2.28. The molecule has 0 saturated carbocycles. The van der Waals surface area contributed by atoms with Crippen molar-refractivity contribution in [2.45, 2.75) is 25.9 Å². The molecule has 0 aromatic carbocycles. The number of nitriles is 1. The van der Waals surface area contributed by atoms with E-state index in [9.17, 15) is 5.11 Å². The van der Waals surface area contributed by atoms with Crippen LogP contribution in [0.2, 0.25) is 0 Å². The third-order valence-corrected chi connectivity index (χ3v) is 1.45. The maximum atomic E-state index is 9.33. The first-order chi connectivity index (χ1) is 4.95. The molecule has 0 unspecified atom stereocenters. The predicted octanol–water partition coefficient (Wildman–Crippen LogP) is 0.603. The van der Waals surface area contributed by atoms with Crippen molar-refractivity contribution in [2.75, 3.05) is 20.1 Å². The van der Waals surface area contributed by atoms with Gasteiger partial charge in [0.2, 0.25) is 0 Å². The van der Waals surface area contributed by atoms with Crippen LogP contribution in [0.25, 0.3) is 0 Å². The lowest BCUT2D eigenvalue weighted by atomic mass is 10.1. The van der Waals surface area contributed by atoms with E-state index in [0.717, 1.165) is 6.54 Å². The molecule has 64 valence electrons. The van der Waals surface area contributed by atoms with Crippen molar-refractivity contribution in [1.82, 2.24) is 4.90 Å². The maximum Gasteiger partial charge on any atom is 0.0863 e. The van der Waals surface area contributed by atoms with Gasteiger partial charge in [0.05, 0.1) is 18.2 Å². The zero-order chi connectivity index (χ0) is 8.91. The molecule has 0 atom stereocenters. The molecule has 0 bridgehead atoms. The van der Waals surface area contributed by atoms with Crippen LogP contribution >= 0.6 is 0 Å². The molecule has 0 rings (SSSR count). The quantitative estimate of drug-likeness (QED) is 0.606. The standard InChI is InChI=1S/C8H16N2O/c1-8(2,11)4-6-10(3)7-5-9/h11H,4,6-7H2,1-3H3. The van der Waals surface area contributed by atoms with E-state index in [-0.39, 0.29) is 0 Å². The van der Waals surface area contributed by atoms with Gasteiger partial charge in [0.15, 0.2) is 0 Å². The topological polar surface area (TPSA) is 47.3 Å². The minimum absolute atomic E-state index is 0.427. The summed E-state index contributed by atoms with van der Waals surface area (Å²) >= 11 is 0. The molecule has 0 spiro atoms. The molecule has 0 aliphatic carbocycles. The number of hydrogen-bond donors (Lipinski definition) is 1. The average Bonchev–Trinajstić information content (AvgIpc) is 1.83. The van der Waals surface area contributed by atoms with Gasteiger partial charge in [0.1, 0.15) is 0 Å².